The molecular formula is C8H9NO3. The second-order valence-corrected chi connectivity index (χ2v) is 2.38. The molecule has 0 amide bonds. The first kappa shape index (κ1) is 8.52. The Bertz CT molecular complexity index is 309. The van der Waals surface area contributed by atoms with Crippen molar-refractivity contribution in [1.82, 2.24) is 0 Å². The second kappa shape index (κ2) is 3.21. The predicted molar refractivity (Wildman–Crippen MR) is 44.4 cm³/mol. The normalized spacial score (nSPS) is 9.50. The number of para-hydroxylation sites is 1. The molecule has 0 bridgehead atoms. The van der Waals surface area contributed by atoms with Crippen molar-refractivity contribution in [2.45, 2.75) is 6.92 Å². The van der Waals surface area contributed by atoms with Crippen molar-refractivity contribution < 1.29 is 9.66 Å². The Morgan fingerprint density at radius 2 is 2.17 bits per heavy atom. The van der Waals surface area contributed by atoms with Gasteiger partial charge in [-0.05, 0) is 12.5 Å². The number of rotatable bonds is 2. The zero-order chi connectivity index (χ0) is 9.14. The number of hydrogen-bond donors (Lipinski definition) is 0. The highest BCUT2D eigenvalue weighted by Gasteiger charge is 2.14. The second-order valence-electron chi connectivity index (χ2n) is 2.38. The molecule has 0 heterocycles. The third-order valence-electron chi connectivity index (χ3n) is 1.59. The van der Waals surface area contributed by atoms with E-state index in [4.69, 9.17) is 4.74 Å². The van der Waals surface area contributed by atoms with Crippen molar-refractivity contribution in [1.29, 1.82) is 0 Å². The summed E-state index contributed by atoms with van der Waals surface area (Å²) in [4.78, 5) is 10.0. The first-order valence-corrected chi connectivity index (χ1v) is 3.45. The number of nitro benzene ring substituents is 1. The van der Waals surface area contributed by atoms with Crippen LogP contribution in [0.2, 0.25) is 0 Å². The maximum absolute atomic E-state index is 10.5. The molecule has 1 aromatic rings. The van der Waals surface area contributed by atoms with Crippen LogP contribution in [0.5, 0.6) is 5.75 Å². The summed E-state index contributed by atoms with van der Waals surface area (Å²) < 4.78 is 4.90. The van der Waals surface area contributed by atoms with E-state index in [0.29, 0.717) is 5.75 Å². The molecule has 0 N–H and O–H groups in total. The number of nitrogens with zero attached hydrogens (tertiary/aromatic N) is 1. The zero-order valence-electron chi connectivity index (χ0n) is 6.90. The van der Waals surface area contributed by atoms with Gasteiger partial charge in [0.1, 0.15) is 0 Å². The van der Waals surface area contributed by atoms with Gasteiger partial charge in [-0.15, -0.1) is 0 Å². The molecule has 0 unspecified atom stereocenters. The topological polar surface area (TPSA) is 52.4 Å². The lowest BCUT2D eigenvalue weighted by molar-refractivity contribution is -0.385. The van der Waals surface area contributed by atoms with Crippen LogP contribution >= 0.6 is 0 Å². The summed E-state index contributed by atoms with van der Waals surface area (Å²) >= 11 is 0. The smallest absolute Gasteiger partial charge is 0.311 e. The van der Waals surface area contributed by atoms with Crippen LogP contribution in [0, 0.1) is 17.0 Å². The Morgan fingerprint density at radius 1 is 1.50 bits per heavy atom. The van der Waals surface area contributed by atoms with E-state index in [1.165, 1.54) is 13.2 Å². The lowest BCUT2D eigenvalue weighted by Crippen LogP contribution is -1.94. The van der Waals surface area contributed by atoms with Crippen LogP contribution in [0.15, 0.2) is 18.2 Å². The predicted octanol–water partition coefficient (Wildman–Crippen LogP) is 1.91. The lowest BCUT2D eigenvalue weighted by Gasteiger charge is -2.03. The van der Waals surface area contributed by atoms with Gasteiger partial charge in [-0.3, -0.25) is 10.1 Å². The van der Waals surface area contributed by atoms with Gasteiger partial charge in [0.15, 0.2) is 5.75 Å². The minimum atomic E-state index is -0.453. The van der Waals surface area contributed by atoms with Gasteiger partial charge in [0.2, 0.25) is 0 Å². The summed E-state index contributed by atoms with van der Waals surface area (Å²) in [5.41, 5.74) is 0.782. The van der Waals surface area contributed by atoms with Crippen LogP contribution in [-0.2, 0) is 0 Å². The summed E-state index contributed by atoms with van der Waals surface area (Å²) in [6, 6.07) is 4.83. The lowest BCUT2D eigenvalue weighted by atomic mass is 10.2. The van der Waals surface area contributed by atoms with Crippen molar-refractivity contribution in [2.75, 3.05) is 7.11 Å². The highest BCUT2D eigenvalue weighted by Crippen LogP contribution is 2.29. The van der Waals surface area contributed by atoms with Crippen LogP contribution in [0.3, 0.4) is 0 Å². The monoisotopic (exact) mass is 167 g/mol. The minimum absolute atomic E-state index is 0.0116. The molecule has 4 heteroatoms. The van der Waals surface area contributed by atoms with E-state index in [1.807, 2.05) is 0 Å². The van der Waals surface area contributed by atoms with Crippen LogP contribution < -0.4 is 4.74 Å². The van der Waals surface area contributed by atoms with Crippen molar-refractivity contribution >= 4 is 5.69 Å². The van der Waals surface area contributed by atoms with E-state index >= 15 is 0 Å². The highest BCUT2D eigenvalue weighted by molar-refractivity contribution is 5.50. The fourth-order valence-electron chi connectivity index (χ4n) is 1.05. The van der Waals surface area contributed by atoms with Crippen molar-refractivity contribution in [3.8, 4) is 5.75 Å². The average Bonchev–Trinajstić information content (AvgIpc) is 2.03. The Kier molecular flexibility index (Phi) is 2.28. The molecule has 0 aliphatic carbocycles. The van der Waals surface area contributed by atoms with Gasteiger partial charge in [-0.25, -0.2) is 0 Å². The van der Waals surface area contributed by atoms with Gasteiger partial charge in [-0.1, -0.05) is 12.1 Å². The van der Waals surface area contributed by atoms with Crippen molar-refractivity contribution in [3.63, 3.8) is 0 Å². The first-order valence-electron chi connectivity index (χ1n) is 3.45. The van der Waals surface area contributed by atoms with Gasteiger partial charge in [0.05, 0.1) is 12.0 Å². The van der Waals surface area contributed by atoms with Crippen molar-refractivity contribution in [2.24, 2.45) is 0 Å². The van der Waals surface area contributed by atoms with E-state index < -0.39 is 4.92 Å². The molecular weight excluding hydrogens is 158 g/mol. The SMILES string of the molecule is COc1c(C)cccc1[N+](=O)[O-]. The molecule has 12 heavy (non-hydrogen) atoms. The van der Waals surface area contributed by atoms with Gasteiger partial charge in [0.25, 0.3) is 0 Å². The Hall–Kier alpha value is -1.58. The van der Waals surface area contributed by atoms with E-state index in [1.54, 1.807) is 19.1 Å². The molecule has 0 atom stereocenters. The Morgan fingerprint density at radius 3 is 2.58 bits per heavy atom. The number of benzene rings is 1. The molecule has 0 aromatic heterocycles. The molecule has 0 aliphatic heterocycles. The molecule has 0 radical (unpaired) electrons. The van der Waals surface area contributed by atoms with E-state index in [-0.39, 0.29) is 5.69 Å². The largest absolute Gasteiger partial charge is 0.490 e. The standard InChI is InChI=1S/C8H9NO3/c1-6-4-3-5-7(9(10)11)8(6)12-2/h3-5H,1-2H3. The van der Waals surface area contributed by atoms with E-state index in [9.17, 15) is 10.1 Å². The fraction of sp³-hybridized carbons (Fsp3) is 0.250. The number of ether oxygens (including phenoxy) is 1. The quantitative estimate of drug-likeness (QED) is 0.499. The molecule has 0 fully saturated rings. The molecule has 1 rings (SSSR count). The van der Waals surface area contributed by atoms with E-state index in [0.717, 1.165) is 5.56 Å². The number of methoxy groups -OCH3 is 1. The number of hydrogen-bond acceptors (Lipinski definition) is 3. The van der Waals surface area contributed by atoms with Crippen molar-refractivity contribution in [3.05, 3.63) is 33.9 Å². The Balaban J connectivity index is 3.27. The third kappa shape index (κ3) is 1.37. The number of nitro groups is 1. The fourth-order valence-corrected chi connectivity index (χ4v) is 1.05. The molecule has 64 valence electrons. The molecule has 0 saturated carbocycles. The van der Waals surface area contributed by atoms with Gasteiger partial charge in [-0.2, -0.15) is 0 Å². The summed E-state index contributed by atoms with van der Waals surface area (Å²) in [6.45, 7) is 1.77. The Labute approximate surface area is 69.9 Å². The van der Waals surface area contributed by atoms with Crippen LogP contribution in [0.25, 0.3) is 0 Å². The molecule has 0 saturated heterocycles. The summed E-state index contributed by atoms with van der Waals surface area (Å²) in [7, 11) is 1.43. The maximum atomic E-state index is 10.5. The average molecular weight is 167 g/mol. The van der Waals surface area contributed by atoms with Crippen LogP contribution in [0.4, 0.5) is 5.69 Å². The summed E-state index contributed by atoms with van der Waals surface area (Å²) in [6.07, 6.45) is 0. The summed E-state index contributed by atoms with van der Waals surface area (Å²) in [5, 5.41) is 10.5. The molecule has 0 aliphatic rings. The number of aryl methyl sites for hydroxylation is 1. The van der Waals surface area contributed by atoms with Gasteiger partial charge >= 0.3 is 5.69 Å². The van der Waals surface area contributed by atoms with Crippen LogP contribution in [-0.4, -0.2) is 12.0 Å². The van der Waals surface area contributed by atoms with Crippen LogP contribution in [0.1, 0.15) is 5.56 Å². The summed E-state index contributed by atoms with van der Waals surface area (Å²) in [5.74, 6) is 0.336. The third-order valence-corrected chi connectivity index (χ3v) is 1.59. The maximum Gasteiger partial charge on any atom is 0.311 e. The molecule has 0 spiro atoms. The highest BCUT2D eigenvalue weighted by atomic mass is 16.6. The zero-order valence-corrected chi connectivity index (χ0v) is 6.90. The molecule has 1 aromatic carbocycles. The molecule has 4 nitrogen and oxygen atoms in total. The minimum Gasteiger partial charge on any atom is -0.490 e. The van der Waals surface area contributed by atoms with Gasteiger partial charge < -0.3 is 4.74 Å². The van der Waals surface area contributed by atoms with Gasteiger partial charge in [0, 0.05) is 6.07 Å². The van der Waals surface area contributed by atoms with E-state index in [2.05, 4.69) is 0 Å². The first-order chi connectivity index (χ1) is 5.66.